The Kier molecular flexibility index (Phi) is 2.99. The van der Waals surface area contributed by atoms with Crippen molar-refractivity contribution in [1.29, 1.82) is 5.26 Å². The van der Waals surface area contributed by atoms with Gasteiger partial charge in [-0.1, -0.05) is 0 Å². The van der Waals surface area contributed by atoms with Crippen molar-refractivity contribution in [3.63, 3.8) is 0 Å². The summed E-state index contributed by atoms with van der Waals surface area (Å²) in [7, 11) is 0. The summed E-state index contributed by atoms with van der Waals surface area (Å²) in [5, 5.41) is 11.4. The minimum Gasteiger partial charge on any atom is -0.454 e. The highest BCUT2D eigenvalue weighted by atomic mass is 16.3. The van der Waals surface area contributed by atoms with Gasteiger partial charge in [0.15, 0.2) is 12.0 Å². The summed E-state index contributed by atoms with van der Waals surface area (Å²) in [5.41, 5.74) is 0. The highest BCUT2D eigenvalue weighted by Gasteiger charge is 1.96. The predicted molar refractivity (Wildman–Crippen MR) is 46.1 cm³/mol. The summed E-state index contributed by atoms with van der Waals surface area (Å²) in [4.78, 5) is 6.09. The Balaban J connectivity index is 2.77. The fourth-order valence-corrected chi connectivity index (χ4v) is 0.685. The van der Waals surface area contributed by atoms with E-state index < -0.39 is 0 Å². The molecule has 0 amide bonds. The zero-order chi connectivity index (χ0) is 9.52. The van der Waals surface area contributed by atoms with Crippen LogP contribution in [0.25, 0.3) is 4.95 Å². The van der Waals surface area contributed by atoms with E-state index in [1.165, 1.54) is 12.4 Å². The second kappa shape index (κ2) is 4.47. The van der Waals surface area contributed by atoms with Crippen LogP contribution < -0.4 is 0 Å². The molecule has 0 aliphatic heterocycles. The van der Waals surface area contributed by atoms with E-state index in [2.05, 4.69) is 15.0 Å². The number of nitrogens with zero attached hydrogens (tertiary/aromatic N) is 4. The van der Waals surface area contributed by atoms with Gasteiger partial charge in [-0.3, -0.25) is 0 Å². The Morgan fingerprint density at radius 3 is 2.77 bits per heavy atom. The molecule has 5 nitrogen and oxygen atoms in total. The lowest BCUT2D eigenvalue weighted by atomic mass is 10.4. The molecule has 0 aromatic carbocycles. The molecule has 1 aromatic heterocycles. The van der Waals surface area contributed by atoms with Gasteiger partial charge in [0, 0.05) is 0 Å². The maximum Gasteiger partial charge on any atom is 0.205 e. The van der Waals surface area contributed by atoms with Crippen LogP contribution in [0, 0.1) is 18.0 Å². The lowest BCUT2D eigenvalue weighted by Crippen LogP contribution is -1.74. The monoisotopic (exact) mass is 172 g/mol. The molecule has 0 atom stereocenters. The average molecular weight is 172 g/mol. The number of rotatable bonds is 2. The summed E-state index contributed by atoms with van der Waals surface area (Å²) < 4.78 is 5.09. The smallest absolute Gasteiger partial charge is 0.205 e. The van der Waals surface area contributed by atoms with Gasteiger partial charge in [0.25, 0.3) is 0 Å². The van der Waals surface area contributed by atoms with Crippen molar-refractivity contribution in [2.45, 2.75) is 0 Å². The Morgan fingerprint density at radius 2 is 2.15 bits per heavy atom. The number of nitriles is 1. The molecule has 0 spiro atoms. The number of furan rings is 1. The SMILES string of the molecule is [C-]#[N+]/N=C/c1ccc(C=NC#N)o1. The molecular formula is C8H4N4O. The van der Waals surface area contributed by atoms with Crippen LogP contribution in [0.5, 0.6) is 0 Å². The van der Waals surface area contributed by atoms with Gasteiger partial charge in [-0.05, 0) is 12.1 Å². The van der Waals surface area contributed by atoms with E-state index in [1.54, 1.807) is 18.3 Å². The average Bonchev–Trinajstić information content (AvgIpc) is 2.59. The molecular weight excluding hydrogens is 168 g/mol. The quantitative estimate of drug-likeness (QED) is 0.293. The summed E-state index contributed by atoms with van der Waals surface area (Å²) in [5.74, 6) is 0.906. The topological polar surface area (TPSA) is 66.0 Å². The molecule has 13 heavy (non-hydrogen) atoms. The maximum absolute atomic E-state index is 8.12. The van der Waals surface area contributed by atoms with Gasteiger partial charge < -0.3 is 4.42 Å². The van der Waals surface area contributed by atoms with Crippen molar-refractivity contribution in [2.75, 3.05) is 0 Å². The standard InChI is InChI=1S/C8H4N4O/c1-10-12-5-8-3-2-7(13-8)4-11-6-9/h2-5H/b11-4?,12-5+. The van der Waals surface area contributed by atoms with E-state index in [1.807, 2.05) is 0 Å². The molecule has 0 N–H and O–H groups in total. The Morgan fingerprint density at radius 1 is 1.46 bits per heavy atom. The van der Waals surface area contributed by atoms with Gasteiger partial charge in [-0.15, -0.1) is 4.95 Å². The summed E-state index contributed by atoms with van der Waals surface area (Å²) in [6.07, 6.45) is 4.17. The van der Waals surface area contributed by atoms with Crippen LogP contribution in [0.1, 0.15) is 11.5 Å². The molecule has 0 unspecified atom stereocenters. The first-order chi connectivity index (χ1) is 6.36. The zero-order valence-corrected chi connectivity index (χ0v) is 6.51. The third kappa shape index (κ3) is 2.60. The number of hydrogen-bond acceptors (Lipinski definition) is 4. The van der Waals surface area contributed by atoms with Crippen LogP contribution in [-0.4, -0.2) is 12.4 Å². The molecule has 0 bridgehead atoms. The van der Waals surface area contributed by atoms with E-state index in [4.69, 9.17) is 16.3 Å². The maximum atomic E-state index is 8.12. The van der Waals surface area contributed by atoms with Crippen molar-refractivity contribution in [3.8, 4) is 6.19 Å². The van der Waals surface area contributed by atoms with Gasteiger partial charge in [-0.2, -0.15) is 16.8 Å². The van der Waals surface area contributed by atoms with E-state index >= 15 is 0 Å². The van der Waals surface area contributed by atoms with E-state index in [9.17, 15) is 0 Å². The van der Waals surface area contributed by atoms with Crippen LogP contribution in [0.15, 0.2) is 26.6 Å². The van der Waals surface area contributed by atoms with Crippen LogP contribution in [0.2, 0.25) is 0 Å². The second-order valence-corrected chi connectivity index (χ2v) is 1.94. The Bertz CT molecular complexity index is 378. The molecule has 62 valence electrons. The van der Waals surface area contributed by atoms with E-state index in [0.29, 0.717) is 11.5 Å². The van der Waals surface area contributed by atoms with Crippen LogP contribution in [0.3, 0.4) is 0 Å². The lowest BCUT2D eigenvalue weighted by molar-refractivity contribution is 0.553. The van der Waals surface area contributed by atoms with Crippen molar-refractivity contribution < 1.29 is 4.42 Å². The largest absolute Gasteiger partial charge is 0.454 e. The van der Waals surface area contributed by atoms with Crippen molar-refractivity contribution in [1.82, 2.24) is 0 Å². The fourth-order valence-electron chi connectivity index (χ4n) is 0.685. The first-order valence-corrected chi connectivity index (χ1v) is 3.28. The Hall–Kier alpha value is -2.40. The molecule has 0 aliphatic carbocycles. The van der Waals surface area contributed by atoms with E-state index in [-0.39, 0.29) is 0 Å². The van der Waals surface area contributed by atoms with Crippen LogP contribution in [-0.2, 0) is 0 Å². The minimum atomic E-state index is 0.452. The van der Waals surface area contributed by atoms with E-state index in [0.717, 1.165) is 0 Å². The molecule has 0 aliphatic rings. The number of hydrogen-bond donors (Lipinski definition) is 0. The van der Waals surface area contributed by atoms with Gasteiger partial charge in [0.05, 0.1) is 11.3 Å². The van der Waals surface area contributed by atoms with Crippen molar-refractivity contribution in [2.24, 2.45) is 10.1 Å². The second-order valence-electron chi connectivity index (χ2n) is 1.94. The minimum absolute atomic E-state index is 0.452. The fraction of sp³-hybridized carbons (Fsp3) is 0. The lowest BCUT2D eigenvalue weighted by Gasteiger charge is -1.79. The molecule has 0 saturated carbocycles. The number of aliphatic imine (C=N–C) groups is 1. The van der Waals surface area contributed by atoms with Crippen molar-refractivity contribution in [3.05, 3.63) is 35.2 Å². The summed E-state index contributed by atoms with van der Waals surface area (Å²) >= 11 is 0. The van der Waals surface area contributed by atoms with Gasteiger partial charge in [0.2, 0.25) is 6.19 Å². The normalized spacial score (nSPS) is 10.3. The molecule has 1 rings (SSSR count). The molecule has 5 heteroatoms. The van der Waals surface area contributed by atoms with Crippen molar-refractivity contribution >= 4 is 12.4 Å². The third-order valence-corrected chi connectivity index (χ3v) is 1.14. The zero-order valence-electron chi connectivity index (χ0n) is 6.51. The van der Waals surface area contributed by atoms with Gasteiger partial charge >= 0.3 is 0 Å². The Labute approximate surface area is 74.4 Å². The molecule has 0 radical (unpaired) electrons. The van der Waals surface area contributed by atoms with Crippen LogP contribution >= 0.6 is 0 Å². The predicted octanol–water partition coefficient (Wildman–Crippen LogP) is 1.43. The van der Waals surface area contributed by atoms with Gasteiger partial charge in [0.1, 0.15) is 5.76 Å². The molecule has 1 heterocycles. The molecule has 1 aromatic rings. The first kappa shape index (κ1) is 8.69. The molecule has 0 fully saturated rings. The summed E-state index contributed by atoms with van der Waals surface area (Å²) in [6, 6.07) is 3.26. The summed E-state index contributed by atoms with van der Waals surface area (Å²) in [6.45, 7) is 6.39. The third-order valence-electron chi connectivity index (χ3n) is 1.14. The van der Waals surface area contributed by atoms with Gasteiger partial charge in [-0.25, -0.2) is 0 Å². The molecule has 0 saturated heterocycles. The van der Waals surface area contributed by atoms with Crippen LogP contribution in [0.4, 0.5) is 0 Å². The highest BCUT2D eigenvalue weighted by molar-refractivity contribution is 5.81. The highest BCUT2D eigenvalue weighted by Crippen LogP contribution is 2.02. The first-order valence-electron chi connectivity index (χ1n) is 3.28.